The predicted octanol–water partition coefficient (Wildman–Crippen LogP) is 2.16. The maximum atomic E-state index is 12.3. The number of pyridine rings is 1. The van der Waals surface area contributed by atoms with Crippen molar-refractivity contribution in [1.82, 2.24) is 14.8 Å². The highest BCUT2D eigenvalue weighted by Crippen LogP contribution is 2.18. The molecule has 98 valence electrons. The first-order chi connectivity index (χ1) is 8.47. The Morgan fingerprint density at radius 1 is 1.33 bits per heavy atom. The molecule has 0 aromatic carbocycles. The fraction of sp³-hybridized carbons (Fsp3) is 0.500. The molecule has 6 heteroatoms. The Kier molecular flexibility index (Phi) is 4.10. The molecule has 1 atom stereocenters. The van der Waals surface area contributed by atoms with Crippen molar-refractivity contribution in [3.63, 3.8) is 0 Å². The smallest absolute Gasteiger partial charge is 0.254 e. The average molecular weight is 288 g/mol. The summed E-state index contributed by atoms with van der Waals surface area (Å²) in [6.45, 7) is 4.41. The summed E-state index contributed by atoms with van der Waals surface area (Å²) < 4.78 is 0. The Labute approximate surface area is 116 Å². The standard InChI is InChI=1S/C12H15Cl2N3O/c1-8-7-17(4-3-16(8)2)12(18)9-5-10(13)15-11(14)6-9/h5-6,8H,3-4,7H2,1-2H3. The van der Waals surface area contributed by atoms with Gasteiger partial charge in [-0.3, -0.25) is 4.79 Å². The summed E-state index contributed by atoms with van der Waals surface area (Å²) in [5.74, 6) is -0.0406. The number of carbonyl (C=O) groups excluding carboxylic acids is 1. The molecule has 2 rings (SSSR count). The van der Waals surface area contributed by atoms with Crippen LogP contribution in [0.4, 0.5) is 0 Å². The highest BCUT2D eigenvalue weighted by Gasteiger charge is 2.25. The van der Waals surface area contributed by atoms with Crippen LogP contribution < -0.4 is 0 Å². The largest absolute Gasteiger partial charge is 0.336 e. The van der Waals surface area contributed by atoms with Crippen molar-refractivity contribution in [2.45, 2.75) is 13.0 Å². The Bertz CT molecular complexity index is 446. The average Bonchev–Trinajstić information content (AvgIpc) is 2.30. The van der Waals surface area contributed by atoms with Crippen molar-refractivity contribution in [2.75, 3.05) is 26.7 Å². The zero-order valence-corrected chi connectivity index (χ0v) is 11.9. The molecule has 0 bridgehead atoms. The Balaban J connectivity index is 2.16. The number of amides is 1. The van der Waals surface area contributed by atoms with Crippen molar-refractivity contribution >= 4 is 29.1 Å². The van der Waals surface area contributed by atoms with Crippen molar-refractivity contribution in [1.29, 1.82) is 0 Å². The van der Waals surface area contributed by atoms with Crippen LogP contribution in [0, 0.1) is 0 Å². The molecule has 1 saturated heterocycles. The molecule has 4 nitrogen and oxygen atoms in total. The van der Waals surface area contributed by atoms with E-state index in [1.54, 1.807) is 12.1 Å². The fourth-order valence-electron chi connectivity index (χ4n) is 2.00. The van der Waals surface area contributed by atoms with Gasteiger partial charge in [-0.1, -0.05) is 23.2 Å². The van der Waals surface area contributed by atoms with Gasteiger partial charge in [-0.25, -0.2) is 4.98 Å². The Morgan fingerprint density at radius 2 is 1.94 bits per heavy atom. The highest BCUT2D eigenvalue weighted by molar-refractivity contribution is 6.33. The van der Waals surface area contributed by atoms with E-state index in [2.05, 4.69) is 23.9 Å². The van der Waals surface area contributed by atoms with Gasteiger partial charge in [-0.2, -0.15) is 0 Å². The monoisotopic (exact) mass is 287 g/mol. The lowest BCUT2D eigenvalue weighted by Crippen LogP contribution is -2.52. The van der Waals surface area contributed by atoms with E-state index < -0.39 is 0 Å². The molecule has 18 heavy (non-hydrogen) atoms. The maximum Gasteiger partial charge on any atom is 0.254 e. The zero-order valence-electron chi connectivity index (χ0n) is 10.4. The first-order valence-corrected chi connectivity index (χ1v) is 6.55. The second kappa shape index (κ2) is 5.43. The van der Waals surface area contributed by atoms with Crippen LogP contribution in [0.1, 0.15) is 17.3 Å². The van der Waals surface area contributed by atoms with Crippen LogP contribution in [0.15, 0.2) is 12.1 Å². The Hall–Kier alpha value is -0.840. The minimum atomic E-state index is -0.0406. The summed E-state index contributed by atoms with van der Waals surface area (Å²) in [4.78, 5) is 20.2. The quantitative estimate of drug-likeness (QED) is 0.743. The van der Waals surface area contributed by atoms with Crippen molar-refractivity contribution < 1.29 is 4.79 Å². The molecule has 0 spiro atoms. The van der Waals surface area contributed by atoms with E-state index in [1.165, 1.54) is 0 Å². The number of carbonyl (C=O) groups is 1. The molecule has 0 saturated carbocycles. The van der Waals surface area contributed by atoms with Gasteiger partial charge in [-0.05, 0) is 26.1 Å². The topological polar surface area (TPSA) is 36.4 Å². The summed E-state index contributed by atoms with van der Waals surface area (Å²) in [6, 6.07) is 3.47. The number of aromatic nitrogens is 1. The van der Waals surface area contributed by atoms with E-state index in [0.29, 0.717) is 18.2 Å². The van der Waals surface area contributed by atoms with Gasteiger partial charge in [0, 0.05) is 31.2 Å². The molecule has 0 N–H and O–H groups in total. The number of piperazine rings is 1. The van der Waals surface area contributed by atoms with Gasteiger partial charge < -0.3 is 9.80 Å². The van der Waals surface area contributed by atoms with Crippen LogP contribution >= 0.6 is 23.2 Å². The first kappa shape index (κ1) is 13.6. The third kappa shape index (κ3) is 2.94. The van der Waals surface area contributed by atoms with Crippen LogP contribution in [0.2, 0.25) is 10.3 Å². The summed E-state index contributed by atoms with van der Waals surface area (Å²) in [6.07, 6.45) is 0. The van der Waals surface area contributed by atoms with Crippen molar-refractivity contribution in [3.8, 4) is 0 Å². The summed E-state index contributed by atoms with van der Waals surface area (Å²) in [7, 11) is 2.06. The molecule has 1 aromatic rings. The lowest BCUT2D eigenvalue weighted by molar-refractivity contribution is 0.0572. The van der Waals surface area contributed by atoms with Gasteiger partial charge >= 0.3 is 0 Å². The third-order valence-corrected chi connectivity index (χ3v) is 3.64. The number of halogens is 2. The molecular weight excluding hydrogens is 273 g/mol. The lowest BCUT2D eigenvalue weighted by Gasteiger charge is -2.37. The van der Waals surface area contributed by atoms with Crippen LogP contribution in [0.3, 0.4) is 0 Å². The molecule has 2 heterocycles. The summed E-state index contributed by atoms with van der Waals surface area (Å²) in [5, 5.41) is 0.487. The molecule has 1 unspecified atom stereocenters. The van der Waals surface area contributed by atoms with Gasteiger partial charge in [-0.15, -0.1) is 0 Å². The fourth-order valence-corrected chi connectivity index (χ4v) is 2.46. The van der Waals surface area contributed by atoms with E-state index in [1.807, 2.05) is 4.90 Å². The van der Waals surface area contributed by atoms with Crippen molar-refractivity contribution in [3.05, 3.63) is 28.0 Å². The van der Waals surface area contributed by atoms with Crippen LogP contribution in [-0.2, 0) is 0 Å². The molecule has 1 aliphatic rings. The number of likely N-dealkylation sites (N-methyl/N-ethyl adjacent to an activating group) is 1. The molecule has 1 fully saturated rings. The van der Waals surface area contributed by atoms with Gasteiger partial charge in [0.2, 0.25) is 0 Å². The third-order valence-electron chi connectivity index (χ3n) is 3.26. The van der Waals surface area contributed by atoms with Gasteiger partial charge in [0.25, 0.3) is 5.91 Å². The van der Waals surface area contributed by atoms with E-state index in [4.69, 9.17) is 23.2 Å². The van der Waals surface area contributed by atoms with Gasteiger partial charge in [0.15, 0.2) is 0 Å². The van der Waals surface area contributed by atoms with Crippen LogP contribution in [-0.4, -0.2) is 53.4 Å². The first-order valence-electron chi connectivity index (χ1n) is 5.80. The van der Waals surface area contributed by atoms with Crippen LogP contribution in [0.25, 0.3) is 0 Å². The van der Waals surface area contributed by atoms with Gasteiger partial charge in [0.05, 0.1) is 0 Å². The minimum Gasteiger partial charge on any atom is -0.336 e. The van der Waals surface area contributed by atoms with E-state index in [0.717, 1.165) is 13.1 Å². The number of hydrogen-bond donors (Lipinski definition) is 0. The minimum absolute atomic E-state index is 0.0406. The van der Waals surface area contributed by atoms with Crippen LogP contribution in [0.5, 0.6) is 0 Å². The number of hydrogen-bond acceptors (Lipinski definition) is 3. The number of nitrogens with zero attached hydrogens (tertiary/aromatic N) is 3. The number of rotatable bonds is 1. The molecule has 1 aromatic heterocycles. The summed E-state index contributed by atoms with van der Waals surface area (Å²) >= 11 is 11.6. The van der Waals surface area contributed by atoms with Crippen molar-refractivity contribution in [2.24, 2.45) is 0 Å². The maximum absolute atomic E-state index is 12.3. The predicted molar refractivity (Wildman–Crippen MR) is 72.3 cm³/mol. The molecule has 0 radical (unpaired) electrons. The Morgan fingerprint density at radius 3 is 2.50 bits per heavy atom. The van der Waals surface area contributed by atoms with E-state index >= 15 is 0 Å². The molecular formula is C12H15Cl2N3O. The highest BCUT2D eigenvalue weighted by atomic mass is 35.5. The zero-order chi connectivity index (χ0) is 13.3. The SMILES string of the molecule is CC1CN(C(=O)c2cc(Cl)nc(Cl)c2)CCN1C. The second-order valence-corrected chi connectivity index (χ2v) is 5.36. The van der Waals surface area contributed by atoms with Gasteiger partial charge in [0.1, 0.15) is 10.3 Å². The molecule has 1 aliphatic heterocycles. The summed E-state index contributed by atoms with van der Waals surface area (Å²) in [5.41, 5.74) is 0.497. The normalized spacial score (nSPS) is 21.1. The lowest BCUT2D eigenvalue weighted by atomic mass is 10.1. The molecule has 1 amide bonds. The second-order valence-electron chi connectivity index (χ2n) is 4.58. The molecule has 0 aliphatic carbocycles. The van der Waals surface area contributed by atoms with E-state index in [9.17, 15) is 4.79 Å². The van der Waals surface area contributed by atoms with E-state index in [-0.39, 0.29) is 16.2 Å².